The monoisotopic (exact) mass is 345 g/mol. The molecule has 7 heteroatoms. The van der Waals surface area contributed by atoms with Gasteiger partial charge in [-0.3, -0.25) is 4.79 Å². The lowest BCUT2D eigenvalue weighted by Gasteiger charge is -2.42. The number of hydrogen-bond donors (Lipinski definition) is 1. The van der Waals surface area contributed by atoms with Crippen molar-refractivity contribution in [2.75, 3.05) is 18.8 Å². The summed E-state index contributed by atoms with van der Waals surface area (Å²) in [5.74, 6) is 0.196. The number of nitrogen functional groups attached to an aromatic ring is 1. The van der Waals surface area contributed by atoms with E-state index in [-0.39, 0.29) is 28.0 Å². The molecule has 1 fully saturated rings. The summed E-state index contributed by atoms with van der Waals surface area (Å²) in [6, 6.07) is 11.8. The molecule has 2 N–H and O–H groups in total. The Hall–Kier alpha value is -2.12. The lowest BCUT2D eigenvalue weighted by atomic mass is 9.84. The number of piperidine rings is 1. The van der Waals surface area contributed by atoms with Crippen LogP contribution in [0.3, 0.4) is 0 Å². The van der Waals surface area contributed by atoms with Crippen LogP contribution in [0.25, 0.3) is 0 Å². The van der Waals surface area contributed by atoms with Gasteiger partial charge in [-0.1, -0.05) is 18.2 Å². The highest BCUT2D eigenvalue weighted by Crippen LogP contribution is 2.37. The topological polar surface area (TPSA) is 85.4 Å². The minimum atomic E-state index is -3.63. The zero-order chi connectivity index (χ0) is 16.9. The third-order valence-corrected chi connectivity index (χ3v) is 6.89. The van der Waals surface area contributed by atoms with Gasteiger partial charge in [-0.25, -0.2) is 8.42 Å². The quantitative estimate of drug-likeness (QED) is 0.830. The van der Waals surface area contributed by atoms with Gasteiger partial charge < -0.3 is 10.3 Å². The van der Waals surface area contributed by atoms with Crippen LogP contribution < -0.4 is 11.3 Å². The second-order valence-electron chi connectivity index (χ2n) is 6.56. The van der Waals surface area contributed by atoms with Gasteiger partial charge in [0.15, 0.2) is 0 Å². The summed E-state index contributed by atoms with van der Waals surface area (Å²) in [6.07, 6.45) is 0.916. The van der Waals surface area contributed by atoms with Gasteiger partial charge in [-0.15, -0.1) is 0 Å². The van der Waals surface area contributed by atoms with Gasteiger partial charge in [-0.2, -0.15) is 4.31 Å². The average molecular weight is 345 g/mol. The minimum Gasteiger partial charge on any atom is -0.398 e. The zero-order valence-electron chi connectivity index (χ0n) is 13.1. The molecule has 4 rings (SSSR count). The Bertz CT molecular complexity index is 952. The van der Waals surface area contributed by atoms with E-state index in [1.807, 2.05) is 6.07 Å². The SMILES string of the molecule is Nc1ccccc1S(=O)(=O)N1C[C@@H]2C[C@H](C1)c1cccc(=O)n1C2. The number of para-hydroxylation sites is 1. The smallest absolute Gasteiger partial charge is 0.250 e. The summed E-state index contributed by atoms with van der Waals surface area (Å²) in [6.45, 7) is 1.38. The van der Waals surface area contributed by atoms with E-state index in [0.29, 0.717) is 19.6 Å². The average Bonchev–Trinajstić information content (AvgIpc) is 2.56. The summed E-state index contributed by atoms with van der Waals surface area (Å²) in [5, 5.41) is 0. The van der Waals surface area contributed by atoms with Crippen LogP contribution in [0.2, 0.25) is 0 Å². The molecule has 0 spiro atoms. The molecule has 0 unspecified atom stereocenters. The Morgan fingerprint density at radius 3 is 2.58 bits per heavy atom. The summed E-state index contributed by atoms with van der Waals surface area (Å²) in [7, 11) is -3.63. The fourth-order valence-corrected chi connectivity index (χ4v) is 5.58. The Balaban J connectivity index is 1.72. The van der Waals surface area contributed by atoms with E-state index in [0.717, 1.165) is 12.1 Å². The number of nitrogens with zero attached hydrogens (tertiary/aromatic N) is 2. The Morgan fingerprint density at radius 1 is 1.00 bits per heavy atom. The normalized spacial score (nSPS) is 23.7. The number of sulfonamides is 1. The second-order valence-corrected chi connectivity index (χ2v) is 8.46. The van der Waals surface area contributed by atoms with Gasteiger partial charge in [0.2, 0.25) is 10.0 Å². The van der Waals surface area contributed by atoms with Crippen LogP contribution >= 0.6 is 0 Å². The highest BCUT2D eigenvalue weighted by molar-refractivity contribution is 7.89. The standard InChI is InChI=1S/C17H19N3O3S/c18-14-4-1-2-6-16(14)24(22,23)19-9-12-8-13(11-19)15-5-3-7-17(21)20(15)10-12/h1-7,12-13H,8-11,18H2/t12-,13+/m0/s1. The number of pyridine rings is 1. The molecule has 2 atom stereocenters. The number of aromatic nitrogens is 1. The largest absolute Gasteiger partial charge is 0.398 e. The third kappa shape index (κ3) is 2.35. The van der Waals surface area contributed by atoms with Gasteiger partial charge in [-0.05, 0) is 30.5 Å². The van der Waals surface area contributed by atoms with Crippen molar-refractivity contribution in [2.45, 2.75) is 23.8 Å². The number of benzene rings is 1. The second kappa shape index (κ2) is 5.46. The molecule has 2 aliphatic heterocycles. The van der Waals surface area contributed by atoms with Crippen LogP contribution in [0.4, 0.5) is 5.69 Å². The van der Waals surface area contributed by atoms with Gasteiger partial charge >= 0.3 is 0 Å². The van der Waals surface area contributed by atoms with E-state index in [9.17, 15) is 13.2 Å². The number of rotatable bonds is 2. The van der Waals surface area contributed by atoms with Gasteiger partial charge in [0.1, 0.15) is 4.90 Å². The van der Waals surface area contributed by atoms with E-state index in [1.165, 1.54) is 4.31 Å². The van der Waals surface area contributed by atoms with E-state index >= 15 is 0 Å². The molecule has 6 nitrogen and oxygen atoms in total. The maximum Gasteiger partial charge on any atom is 0.250 e. The minimum absolute atomic E-state index is 0.00851. The lowest BCUT2D eigenvalue weighted by Crippen LogP contribution is -2.49. The third-order valence-electron chi connectivity index (χ3n) is 4.98. The van der Waals surface area contributed by atoms with Gasteiger partial charge in [0.05, 0.1) is 5.69 Å². The summed E-state index contributed by atoms with van der Waals surface area (Å²) in [5.41, 5.74) is 7.06. The number of anilines is 1. The molecule has 126 valence electrons. The molecule has 2 aromatic rings. The van der Waals surface area contributed by atoms with Crippen molar-refractivity contribution in [1.29, 1.82) is 0 Å². The summed E-state index contributed by atoms with van der Waals surface area (Å²) in [4.78, 5) is 12.2. The molecule has 1 aromatic heterocycles. The molecule has 1 saturated heterocycles. The van der Waals surface area contributed by atoms with Crippen molar-refractivity contribution >= 4 is 15.7 Å². The predicted octanol–water partition coefficient (Wildman–Crippen LogP) is 1.24. The molecule has 1 aromatic carbocycles. The Kier molecular flexibility index (Phi) is 3.51. The van der Waals surface area contributed by atoms with Crippen LogP contribution in [-0.2, 0) is 16.6 Å². The van der Waals surface area contributed by atoms with Crippen molar-refractivity contribution in [2.24, 2.45) is 5.92 Å². The van der Waals surface area contributed by atoms with Crippen LogP contribution in [0.15, 0.2) is 52.2 Å². The number of nitrogens with two attached hydrogens (primary N) is 1. The van der Waals surface area contributed by atoms with Crippen LogP contribution in [-0.4, -0.2) is 30.4 Å². The van der Waals surface area contributed by atoms with Crippen molar-refractivity contribution in [1.82, 2.24) is 8.87 Å². The number of hydrogen-bond acceptors (Lipinski definition) is 4. The van der Waals surface area contributed by atoms with E-state index in [2.05, 4.69) is 0 Å². The molecule has 2 aliphatic rings. The van der Waals surface area contributed by atoms with Gasteiger partial charge in [0.25, 0.3) is 5.56 Å². The molecule has 3 heterocycles. The fourth-order valence-electron chi connectivity index (χ4n) is 3.90. The maximum atomic E-state index is 13.0. The first kappa shape index (κ1) is 15.4. The summed E-state index contributed by atoms with van der Waals surface area (Å²) >= 11 is 0. The zero-order valence-corrected chi connectivity index (χ0v) is 13.9. The molecular formula is C17H19N3O3S. The maximum absolute atomic E-state index is 13.0. The first-order valence-corrected chi connectivity index (χ1v) is 9.45. The van der Waals surface area contributed by atoms with Crippen LogP contribution in [0.1, 0.15) is 18.0 Å². The van der Waals surface area contributed by atoms with Crippen molar-refractivity contribution < 1.29 is 8.42 Å². The van der Waals surface area contributed by atoms with Crippen LogP contribution in [0, 0.1) is 5.92 Å². The fraction of sp³-hybridized carbons (Fsp3) is 0.353. The molecule has 24 heavy (non-hydrogen) atoms. The molecular weight excluding hydrogens is 326 g/mol. The highest BCUT2D eigenvalue weighted by atomic mass is 32.2. The van der Waals surface area contributed by atoms with Crippen molar-refractivity contribution in [3.8, 4) is 0 Å². The van der Waals surface area contributed by atoms with E-state index < -0.39 is 10.0 Å². The molecule has 0 saturated carbocycles. The molecule has 2 bridgehead atoms. The summed E-state index contributed by atoms with van der Waals surface area (Å²) < 4.78 is 29.3. The molecule has 0 radical (unpaired) electrons. The van der Waals surface area contributed by atoms with Crippen LogP contribution in [0.5, 0.6) is 0 Å². The highest BCUT2D eigenvalue weighted by Gasteiger charge is 2.39. The Morgan fingerprint density at radius 2 is 1.79 bits per heavy atom. The van der Waals surface area contributed by atoms with Crippen molar-refractivity contribution in [3.05, 3.63) is 58.5 Å². The van der Waals surface area contributed by atoms with Gasteiger partial charge in [0, 0.05) is 37.3 Å². The van der Waals surface area contributed by atoms with E-state index in [1.54, 1.807) is 41.0 Å². The predicted molar refractivity (Wildman–Crippen MR) is 91.2 cm³/mol. The Labute approximate surface area is 140 Å². The van der Waals surface area contributed by atoms with Crippen molar-refractivity contribution in [3.63, 3.8) is 0 Å². The first-order valence-electron chi connectivity index (χ1n) is 8.01. The molecule has 0 amide bonds. The van der Waals surface area contributed by atoms with E-state index in [4.69, 9.17) is 5.73 Å². The number of fused-ring (bicyclic) bond motifs is 4. The molecule has 0 aliphatic carbocycles. The lowest BCUT2D eigenvalue weighted by molar-refractivity contribution is 0.186. The first-order chi connectivity index (χ1) is 11.5.